The number of carbonyl (C=O) groups excluding carboxylic acids is 2. The average Bonchev–Trinajstić information content (AvgIpc) is 3.40. The lowest BCUT2D eigenvalue weighted by Crippen LogP contribution is -2.40. The molecule has 0 atom stereocenters. The fraction of sp³-hybridized carbons (Fsp3) is 0.417. The molecule has 2 amide bonds. The Morgan fingerprint density at radius 3 is 2.28 bits per heavy atom. The first-order valence-corrected chi connectivity index (χ1v) is 10.4. The van der Waals surface area contributed by atoms with E-state index in [2.05, 4.69) is 11.8 Å². The molecule has 29 heavy (non-hydrogen) atoms. The Hall–Kier alpha value is -2.82. The van der Waals surface area contributed by atoms with Gasteiger partial charge in [0.2, 0.25) is 0 Å². The van der Waals surface area contributed by atoms with Crippen molar-refractivity contribution in [1.82, 2.24) is 4.90 Å². The third-order valence-electron chi connectivity index (χ3n) is 6.97. The van der Waals surface area contributed by atoms with E-state index in [0.717, 1.165) is 37.1 Å². The Labute approximate surface area is 170 Å². The first-order valence-electron chi connectivity index (χ1n) is 10.4. The number of imide groups is 1. The highest BCUT2D eigenvalue weighted by Crippen LogP contribution is 2.54. The van der Waals surface area contributed by atoms with Gasteiger partial charge < -0.3 is 10.0 Å². The summed E-state index contributed by atoms with van der Waals surface area (Å²) in [4.78, 5) is 29.0. The van der Waals surface area contributed by atoms with Crippen molar-refractivity contribution in [2.24, 2.45) is 5.41 Å². The summed E-state index contributed by atoms with van der Waals surface area (Å²) in [6, 6.07) is 8.99. The van der Waals surface area contributed by atoms with Crippen molar-refractivity contribution in [2.75, 3.05) is 24.5 Å². The van der Waals surface area contributed by atoms with Crippen LogP contribution in [0.5, 0.6) is 5.75 Å². The zero-order valence-electron chi connectivity index (χ0n) is 17.0. The summed E-state index contributed by atoms with van der Waals surface area (Å²) in [5.41, 5.74) is 5.91. The summed E-state index contributed by atoms with van der Waals surface area (Å²) < 4.78 is 0. The summed E-state index contributed by atoms with van der Waals surface area (Å²) in [7, 11) is 0. The Balaban J connectivity index is 1.34. The molecule has 1 aliphatic carbocycles. The summed E-state index contributed by atoms with van der Waals surface area (Å²) in [6.45, 7) is 6.29. The molecule has 5 heteroatoms. The van der Waals surface area contributed by atoms with Gasteiger partial charge in [-0.1, -0.05) is 12.1 Å². The Morgan fingerprint density at radius 2 is 1.66 bits per heavy atom. The van der Waals surface area contributed by atoms with Crippen LogP contribution in [0.25, 0.3) is 0 Å². The van der Waals surface area contributed by atoms with Crippen LogP contribution in [0.3, 0.4) is 0 Å². The lowest BCUT2D eigenvalue weighted by atomic mass is 9.86. The maximum Gasteiger partial charge on any atom is 0.261 e. The molecule has 1 spiro atoms. The fourth-order valence-electron chi connectivity index (χ4n) is 5.04. The summed E-state index contributed by atoms with van der Waals surface area (Å²) >= 11 is 0. The second kappa shape index (κ2) is 6.34. The van der Waals surface area contributed by atoms with Crippen LogP contribution < -0.4 is 4.90 Å². The summed E-state index contributed by atoms with van der Waals surface area (Å²) in [5.74, 6) is 0.0189. The molecule has 0 aromatic heterocycles. The second-order valence-electron chi connectivity index (χ2n) is 8.91. The molecule has 2 aromatic rings. The molecule has 150 valence electrons. The van der Waals surface area contributed by atoms with Gasteiger partial charge >= 0.3 is 0 Å². The maximum absolute atomic E-state index is 12.6. The van der Waals surface area contributed by atoms with E-state index in [1.165, 1.54) is 29.0 Å². The third kappa shape index (κ3) is 2.83. The van der Waals surface area contributed by atoms with E-state index in [1.807, 2.05) is 13.0 Å². The topological polar surface area (TPSA) is 60.9 Å². The molecule has 5 rings (SSSR count). The predicted octanol–water partition coefficient (Wildman–Crippen LogP) is 3.84. The Morgan fingerprint density at radius 1 is 1.00 bits per heavy atom. The van der Waals surface area contributed by atoms with Gasteiger partial charge in [0, 0.05) is 25.3 Å². The first-order chi connectivity index (χ1) is 13.9. The highest BCUT2D eigenvalue weighted by molar-refractivity contribution is 6.21. The van der Waals surface area contributed by atoms with Crippen LogP contribution in [0.2, 0.25) is 0 Å². The molecule has 0 saturated heterocycles. The zero-order valence-corrected chi connectivity index (χ0v) is 17.0. The van der Waals surface area contributed by atoms with E-state index in [4.69, 9.17) is 0 Å². The van der Waals surface area contributed by atoms with Crippen LogP contribution in [0.15, 0.2) is 30.3 Å². The molecule has 2 heterocycles. The number of aromatic hydroxyl groups is 1. The minimum Gasteiger partial charge on any atom is -0.508 e. The van der Waals surface area contributed by atoms with Crippen molar-refractivity contribution in [1.29, 1.82) is 0 Å². The number of benzene rings is 2. The van der Waals surface area contributed by atoms with Crippen LogP contribution >= 0.6 is 0 Å². The van der Waals surface area contributed by atoms with Crippen molar-refractivity contribution in [2.45, 2.75) is 39.5 Å². The molecule has 0 radical (unpaired) electrons. The van der Waals surface area contributed by atoms with Gasteiger partial charge in [0.25, 0.3) is 11.8 Å². The van der Waals surface area contributed by atoms with Crippen LogP contribution in [0.4, 0.5) is 5.69 Å². The monoisotopic (exact) mass is 390 g/mol. The molecule has 1 fully saturated rings. The standard InChI is InChI=1S/C24H26N2O3/c1-15-16(2)21-17(12-20(15)27)13-24(8-9-24)14-25(21)10-5-11-26-22(28)18-6-3-4-7-19(18)23(26)29/h3-4,6-7,12,27H,5,8-11,13-14H2,1-2H3. The van der Waals surface area contributed by atoms with E-state index < -0.39 is 0 Å². The quantitative estimate of drug-likeness (QED) is 0.806. The van der Waals surface area contributed by atoms with E-state index in [-0.39, 0.29) is 11.8 Å². The maximum atomic E-state index is 12.6. The SMILES string of the molecule is Cc1c(O)cc2c(c1C)N(CCCN1C(=O)c3ccccc3C1=O)CC1(CC1)C2. The van der Waals surface area contributed by atoms with Crippen molar-refractivity contribution < 1.29 is 14.7 Å². The third-order valence-corrected chi connectivity index (χ3v) is 6.97. The Bertz CT molecular complexity index is 1000. The predicted molar refractivity (Wildman–Crippen MR) is 112 cm³/mol. The highest BCUT2D eigenvalue weighted by atomic mass is 16.3. The number of fused-ring (bicyclic) bond motifs is 2. The van der Waals surface area contributed by atoms with Crippen LogP contribution in [-0.4, -0.2) is 41.5 Å². The van der Waals surface area contributed by atoms with Crippen LogP contribution in [0.1, 0.15) is 56.7 Å². The minimum absolute atomic E-state index is 0.180. The molecular formula is C24H26N2O3. The molecule has 1 saturated carbocycles. The smallest absolute Gasteiger partial charge is 0.261 e. The lowest BCUT2D eigenvalue weighted by Gasteiger charge is -2.38. The molecule has 0 unspecified atom stereocenters. The molecular weight excluding hydrogens is 364 g/mol. The second-order valence-corrected chi connectivity index (χ2v) is 8.91. The Kier molecular flexibility index (Phi) is 3.99. The zero-order chi connectivity index (χ0) is 20.3. The number of anilines is 1. The largest absolute Gasteiger partial charge is 0.508 e. The van der Waals surface area contributed by atoms with Crippen molar-refractivity contribution in [3.8, 4) is 5.75 Å². The number of hydrogen-bond donors (Lipinski definition) is 1. The van der Waals surface area contributed by atoms with Gasteiger partial charge in [0.1, 0.15) is 5.75 Å². The van der Waals surface area contributed by atoms with Gasteiger partial charge in [-0.3, -0.25) is 14.5 Å². The van der Waals surface area contributed by atoms with E-state index in [1.54, 1.807) is 24.3 Å². The van der Waals surface area contributed by atoms with Gasteiger partial charge in [0.15, 0.2) is 0 Å². The number of amides is 2. The molecule has 5 nitrogen and oxygen atoms in total. The normalized spacial score (nSPS) is 19.0. The van der Waals surface area contributed by atoms with Gasteiger partial charge in [-0.15, -0.1) is 0 Å². The molecule has 1 N–H and O–H groups in total. The fourth-order valence-corrected chi connectivity index (χ4v) is 5.04. The molecule has 2 aliphatic heterocycles. The van der Waals surface area contributed by atoms with E-state index in [0.29, 0.717) is 28.8 Å². The lowest BCUT2D eigenvalue weighted by molar-refractivity contribution is 0.0653. The van der Waals surface area contributed by atoms with Gasteiger partial charge in [-0.05, 0) is 79.8 Å². The summed E-state index contributed by atoms with van der Waals surface area (Å²) in [6.07, 6.45) is 4.23. The van der Waals surface area contributed by atoms with Crippen molar-refractivity contribution in [3.05, 3.63) is 58.1 Å². The number of nitrogens with zero attached hydrogens (tertiary/aromatic N) is 2. The minimum atomic E-state index is -0.180. The van der Waals surface area contributed by atoms with Crippen LogP contribution in [-0.2, 0) is 6.42 Å². The van der Waals surface area contributed by atoms with Crippen LogP contribution in [0, 0.1) is 19.3 Å². The number of phenolic OH excluding ortho intramolecular Hbond substituents is 1. The van der Waals surface area contributed by atoms with E-state index in [9.17, 15) is 14.7 Å². The van der Waals surface area contributed by atoms with Crippen molar-refractivity contribution in [3.63, 3.8) is 0 Å². The number of phenols is 1. The molecule has 0 bridgehead atoms. The first kappa shape index (κ1) is 18.2. The highest BCUT2D eigenvalue weighted by Gasteiger charge is 2.47. The van der Waals surface area contributed by atoms with Gasteiger partial charge in [0.05, 0.1) is 11.1 Å². The number of rotatable bonds is 4. The number of hydrogen-bond acceptors (Lipinski definition) is 4. The molecule has 2 aromatic carbocycles. The van der Waals surface area contributed by atoms with Gasteiger partial charge in [-0.2, -0.15) is 0 Å². The molecule has 3 aliphatic rings. The van der Waals surface area contributed by atoms with Crippen molar-refractivity contribution >= 4 is 17.5 Å². The van der Waals surface area contributed by atoms with Gasteiger partial charge in [-0.25, -0.2) is 0 Å². The summed E-state index contributed by atoms with van der Waals surface area (Å²) in [5, 5.41) is 10.3. The average molecular weight is 390 g/mol. The van der Waals surface area contributed by atoms with E-state index >= 15 is 0 Å². The number of carbonyl (C=O) groups is 2.